The summed E-state index contributed by atoms with van der Waals surface area (Å²) in [5, 5.41) is 11.7. The van der Waals surface area contributed by atoms with Gasteiger partial charge in [-0.05, 0) is 17.9 Å². The van der Waals surface area contributed by atoms with E-state index in [1.54, 1.807) is 6.07 Å². The van der Waals surface area contributed by atoms with Crippen LogP contribution in [0, 0.1) is 0 Å². The molecule has 0 radical (unpaired) electrons. The maximum atomic E-state index is 13.4. The molecule has 50 heavy (non-hydrogen) atoms. The van der Waals surface area contributed by atoms with Gasteiger partial charge in [-0.3, -0.25) is 27.9 Å². The number of hydrogen-bond acceptors (Lipinski definition) is 17. The third-order valence-electron chi connectivity index (χ3n) is 7.89. The fraction of sp³-hybridized carbons (Fsp3) is 0.522. The van der Waals surface area contributed by atoms with Gasteiger partial charge in [-0.1, -0.05) is 0 Å². The van der Waals surface area contributed by atoms with Gasteiger partial charge in [-0.15, -0.1) is 0 Å². The maximum Gasteiger partial charge on any atom is 0.472 e. The Kier molecular flexibility index (Phi) is 9.03. The van der Waals surface area contributed by atoms with Gasteiger partial charge in [0, 0.05) is 6.20 Å². The SMILES string of the molecule is Nc1nc2c(ncn2[C@@H]2O[C@@H]3COP(=O)(O)OC4C(O)[C@H](n5ccc6c(N)ncnc65)O[C@@H]4COP(O)(=S)OC2C3OCC(F)(F)F)c(=O)[nH]1. The second-order valence-electron chi connectivity index (χ2n) is 11.2. The molecule has 0 aliphatic carbocycles. The fourth-order valence-corrected chi connectivity index (χ4v) is 8.19. The summed E-state index contributed by atoms with van der Waals surface area (Å²) >= 11 is 5.21. The van der Waals surface area contributed by atoms with Crippen LogP contribution >= 0.6 is 14.5 Å². The quantitative estimate of drug-likeness (QED) is 0.148. The topological polar surface area (TPSA) is 289 Å². The number of anilines is 2. The van der Waals surface area contributed by atoms with Crippen molar-refractivity contribution in [2.24, 2.45) is 0 Å². The molecule has 3 aliphatic heterocycles. The lowest BCUT2D eigenvalue weighted by molar-refractivity contribution is -0.196. The molecule has 21 nitrogen and oxygen atoms in total. The van der Waals surface area contributed by atoms with E-state index >= 15 is 0 Å². The summed E-state index contributed by atoms with van der Waals surface area (Å²) in [6.07, 6.45) is -14.2. The lowest BCUT2D eigenvalue weighted by atomic mass is 10.1. The molecule has 4 aromatic heterocycles. The molecule has 0 spiro atoms. The lowest BCUT2D eigenvalue weighted by Crippen LogP contribution is -2.40. The van der Waals surface area contributed by atoms with Crippen LogP contribution in [0.15, 0.2) is 29.7 Å². The molecule has 10 atom stereocenters. The maximum absolute atomic E-state index is 13.4. The Balaban J connectivity index is 1.24. The summed E-state index contributed by atoms with van der Waals surface area (Å²) in [4.78, 5) is 52.7. The number of hydrogen-bond donors (Lipinski definition) is 6. The first-order valence-corrected chi connectivity index (χ1v) is 18.4. The number of nitrogens with zero attached hydrogens (tertiary/aromatic N) is 6. The van der Waals surface area contributed by atoms with E-state index in [0.717, 1.165) is 10.9 Å². The van der Waals surface area contributed by atoms with Crippen molar-refractivity contribution in [1.82, 2.24) is 34.1 Å². The number of nitrogens with two attached hydrogens (primary N) is 2. The largest absolute Gasteiger partial charge is 0.472 e. The van der Waals surface area contributed by atoms with Gasteiger partial charge in [0.1, 0.15) is 61.0 Å². The zero-order chi connectivity index (χ0) is 35.7. The van der Waals surface area contributed by atoms with Crippen molar-refractivity contribution in [3.05, 3.63) is 35.3 Å². The Hall–Kier alpha value is -3.16. The molecule has 0 aromatic carbocycles. The van der Waals surface area contributed by atoms with Gasteiger partial charge in [0.05, 0.1) is 24.9 Å². The molecular weight excluding hydrogens is 745 g/mol. The highest BCUT2D eigenvalue weighted by Gasteiger charge is 2.54. The highest BCUT2D eigenvalue weighted by atomic mass is 32.5. The van der Waals surface area contributed by atoms with E-state index in [1.165, 1.54) is 17.1 Å². The van der Waals surface area contributed by atoms with Crippen LogP contribution in [0.3, 0.4) is 0 Å². The Morgan fingerprint density at radius 2 is 1.78 bits per heavy atom. The number of aromatic nitrogens is 7. The molecule has 0 saturated carbocycles. The van der Waals surface area contributed by atoms with Crippen LogP contribution in [0.1, 0.15) is 12.5 Å². The number of aliphatic hydroxyl groups excluding tert-OH is 1. The predicted octanol–water partition coefficient (Wildman–Crippen LogP) is -0.0335. The number of aliphatic hydroxyl groups is 1. The number of fused-ring (bicyclic) bond motifs is 5. The molecule has 272 valence electrons. The number of H-pyrrole nitrogens is 1. The Morgan fingerprint density at radius 3 is 2.54 bits per heavy atom. The highest BCUT2D eigenvalue weighted by molar-refractivity contribution is 8.07. The van der Waals surface area contributed by atoms with E-state index in [4.69, 9.17) is 55.6 Å². The first-order chi connectivity index (χ1) is 23.5. The summed E-state index contributed by atoms with van der Waals surface area (Å²) in [7, 11) is -5.22. The van der Waals surface area contributed by atoms with Crippen molar-refractivity contribution in [1.29, 1.82) is 0 Å². The Bertz CT molecular complexity index is 2090. The second kappa shape index (κ2) is 12.8. The monoisotopic (exact) mass is 771 g/mol. The molecule has 7 heterocycles. The van der Waals surface area contributed by atoms with Gasteiger partial charge in [0.15, 0.2) is 23.6 Å². The average Bonchev–Trinajstić information content (AvgIpc) is 3.78. The van der Waals surface area contributed by atoms with Gasteiger partial charge in [-0.25, -0.2) is 19.5 Å². The van der Waals surface area contributed by atoms with Crippen molar-refractivity contribution in [3.8, 4) is 0 Å². The van der Waals surface area contributed by atoms with Crippen LogP contribution in [0.4, 0.5) is 24.9 Å². The standard InChI is InChI=1S/C23H26F3N9O12P2S/c24-23(25,26)5-41-14-10-3-42-48(38,39)46-13-9(44-20(12(13)36)34-2-1-8-16(27)29-6-30-17(8)34)4-43-49(40,50)47-15(14)21(45-10)35-7-31-11-18(35)32-22(28)33-19(11)37/h1-2,6-7,9-10,12-15,20-21,36H,3-5H2,(H,38,39)(H,40,50)(H2,27,29,30)(H3,28,32,33,37)/t9-,10-,12?,13?,14?,15?,20-,21-,49?/m1/s1. The first kappa shape index (κ1) is 35.3. The van der Waals surface area contributed by atoms with Crippen LogP contribution < -0.4 is 17.0 Å². The molecule has 0 amide bonds. The smallest absolute Gasteiger partial charge is 0.386 e. The van der Waals surface area contributed by atoms with Crippen molar-refractivity contribution in [3.63, 3.8) is 0 Å². The molecule has 4 aromatic rings. The third kappa shape index (κ3) is 6.77. The fourth-order valence-electron chi connectivity index (χ4n) is 5.81. The minimum Gasteiger partial charge on any atom is -0.386 e. The van der Waals surface area contributed by atoms with Crippen molar-refractivity contribution >= 4 is 60.3 Å². The van der Waals surface area contributed by atoms with Gasteiger partial charge < -0.3 is 49.7 Å². The molecular formula is C23H26F3N9O12P2S. The number of phosphoric acid groups is 1. The zero-order valence-corrected chi connectivity index (χ0v) is 27.4. The number of imidazole rings is 1. The minimum absolute atomic E-state index is 0.122. The number of halogens is 3. The number of nitrogen functional groups attached to an aromatic ring is 2. The number of aromatic amines is 1. The Morgan fingerprint density at radius 1 is 1.04 bits per heavy atom. The summed E-state index contributed by atoms with van der Waals surface area (Å²) in [5.41, 5.74) is 10.6. The first-order valence-electron chi connectivity index (χ1n) is 14.3. The molecule has 8 N–H and O–H groups in total. The van der Waals surface area contributed by atoms with E-state index in [-0.39, 0.29) is 28.6 Å². The van der Waals surface area contributed by atoms with Crippen LogP contribution in [0.2, 0.25) is 0 Å². The van der Waals surface area contributed by atoms with Crippen LogP contribution in [0.5, 0.6) is 0 Å². The van der Waals surface area contributed by atoms with E-state index < -0.39 is 95.2 Å². The van der Waals surface area contributed by atoms with Gasteiger partial charge in [0.2, 0.25) is 5.95 Å². The molecule has 27 heteroatoms. The number of alkyl halides is 3. The van der Waals surface area contributed by atoms with Crippen molar-refractivity contribution < 1.29 is 64.9 Å². The highest BCUT2D eigenvalue weighted by Crippen LogP contribution is 2.54. The molecule has 3 aliphatic rings. The van der Waals surface area contributed by atoms with E-state index in [1.807, 2.05) is 0 Å². The lowest BCUT2D eigenvalue weighted by Gasteiger charge is -2.29. The van der Waals surface area contributed by atoms with Crippen molar-refractivity contribution in [2.75, 3.05) is 31.3 Å². The zero-order valence-electron chi connectivity index (χ0n) is 24.8. The third-order valence-corrected chi connectivity index (χ3v) is 10.4. The van der Waals surface area contributed by atoms with E-state index in [0.29, 0.717) is 5.39 Å². The van der Waals surface area contributed by atoms with Crippen LogP contribution in [0.25, 0.3) is 22.2 Å². The van der Waals surface area contributed by atoms with E-state index in [2.05, 4.69) is 24.9 Å². The molecule has 3 fully saturated rings. The summed E-state index contributed by atoms with van der Waals surface area (Å²) in [6, 6.07) is 1.54. The molecule has 2 bridgehead atoms. The van der Waals surface area contributed by atoms with Crippen LogP contribution in [-0.2, 0) is 48.7 Å². The van der Waals surface area contributed by atoms with Crippen LogP contribution in [-0.4, -0.2) is 112 Å². The predicted molar refractivity (Wildman–Crippen MR) is 162 cm³/mol. The average molecular weight is 772 g/mol. The summed E-state index contributed by atoms with van der Waals surface area (Å²) in [5.74, 6) is -0.229. The van der Waals surface area contributed by atoms with Gasteiger partial charge in [-0.2, -0.15) is 18.2 Å². The summed E-state index contributed by atoms with van der Waals surface area (Å²) in [6.45, 7) is -8.12. The number of rotatable bonds is 4. The van der Waals surface area contributed by atoms with Crippen molar-refractivity contribution in [2.45, 2.75) is 55.3 Å². The number of nitrogens with one attached hydrogen (secondary N) is 1. The molecule has 6 unspecified atom stereocenters. The minimum atomic E-state index is -5.22. The van der Waals surface area contributed by atoms with Gasteiger partial charge >= 0.3 is 20.7 Å². The number of phosphoric ester groups is 1. The number of ether oxygens (including phenoxy) is 3. The Labute approximate surface area is 281 Å². The second-order valence-corrected chi connectivity index (χ2v) is 15.4. The molecule has 3 saturated heterocycles. The normalized spacial score (nSPS) is 35.5. The van der Waals surface area contributed by atoms with Gasteiger partial charge in [0.25, 0.3) is 5.56 Å². The summed E-state index contributed by atoms with van der Waals surface area (Å²) < 4.78 is 94.5. The molecule has 7 rings (SSSR count). The van der Waals surface area contributed by atoms with E-state index in [9.17, 15) is 37.4 Å².